The third-order valence-electron chi connectivity index (χ3n) is 1.83. The lowest BCUT2D eigenvalue weighted by atomic mass is 10.1. The van der Waals surface area contributed by atoms with Crippen LogP contribution in [0.3, 0.4) is 0 Å². The van der Waals surface area contributed by atoms with Gasteiger partial charge in [-0.25, -0.2) is 0 Å². The van der Waals surface area contributed by atoms with Crippen molar-refractivity contribution in [2.75, 3.05) is 0 Å². The van der Waals surface area contributed by atoms with Crippen molar-refractivity contribution in [2.24, 2.45) is 0 Å². The average Bonchev–Trinajstić information content (AvgIpc) is 2.51. The van der Waals surface area contributed by atoms with E-state index in [0.717, 1.165) is 11.1 Å². The van der Waals surface area contributed by atoms with Crippen LogP contribution in [0.5, 0.6) is 6.08 Å². The molecule has 1 heterocycles. The first-order valence-electron chi connectivity index (χ1n) is 3.96. The third-order valence-corrected chi connectivity index (χ3v) is 2.07. The highest BCUT2D eigenvalue weighted by atomic mass is 35.5. The van der Waals surface area contributed by atoms with Gasteiger partial charge in [0.05, 0.1) is 0 Å². The number of rotatable bonds is 1. The monoisotopic (exact) mass is 210 g/mol. The Morgan fingerprint density at radius 2 is 2.14 bits per heavy atom. The van der Waals surface area contributed by atoms with Gasteiger partial charge in [0.15, 0.2) is 0 Å². The first-order chi connectivity index (χ1) is 6.66. The minimum Gasteiger partial charge on any atom is -0.465 e. The predicted octanol–water partition coefficient (Wildman–Crippen LogP) is 2.40. The third kappa shape index (κ3) is 1.56. The van der Waals surface area contributed by atoms with E-state index in [0.29, 0.717) is 5.02 Å². The predicted molar refractivity (Wildman–Crippen MR) is 51.1 cm³/mol. The normalized spacial score (nSPS) is 10.4. The molecule has 0 saturated carbocycles. The lowest BCUT2D eigenvalue weighted by Crippen LogP contribution is -1.83. The second-order valence-corrected chi connectivity index (χ2v) is 3.29. The van der Waals surface area contributed by atoms with E-state index < -0.39 is 6.08 Å². The molecule has 14 heavy (non-hydrogen) atoms. The highest BCUT2D eigenvalue weighted by Gasteiger charge is 2.09. The molecule has 0 atom stereocenters. The van der Waals surface area contributed by atoms with Crippen LogP contribution in [0.1, 0.15) is 5.56 Å². The molecular formula is C9H7ClN2O2. The maximum absolute atomic E-state index is 8.89. The molecule has 0 aliphatic carbocycles. The molecule has 1 aromatic heterocycles. The highest BCUT2D eigenvalue weighted by Crippen LogP contribution is 2.25. The molecule has 0 amide bonds. The number of aryl methyl sites for hydroxylation is 1. The molecule has 1 aromatic carbocycles. The summed E-state index contributed by atoms with van der Waals surface area (Å²) in [7, 11) is 0. The number of nitrogens with zero attached hydrogens (tertiary/aromatic N) is 2. The molecule has 0 spiro atoms. The smallest absolute Gasteiger partial charge is 0.412 e. The Labute approximate surface area is 85.2 Å². The zero-order valence-corrected chi connectivity index (χ0v) is 8.12. The first-order valence-corrected chi connectivity index (χ1v) is 4.33. The van der Waals surface area contributed by atoms with Gasteiger partial charge in [-0.2, -0.15) is 0 Å². The number of halogens is 1. The van der Waals surface area contributed by atoms with Gasteiger partial charge in [-0.3, -0.25) is 0 Å². The fourth-order valence-electron chi connectivity index (χ4n) is 1.19. The Balaban J connectivity index is 2.52. The van der Waals surface area contributed by atoms with Gasteiger partial charge >= 0.3 is 6.08 Å². The van der Waals surface area contributed by atoms with Gasteiger partial charge in [0.2, 0.25) is 0 Å². The van der Waals surface area contributed by atoms with E-state index in [9.17, 15) is 0 Å². The lowest BCUT2D eigenvalue weighted by Gasteiger charge is -1.99. The van der Waals surface area contributed by atoms with Crippen LogP contribution in [0.25, 0.3) is 11.5 Å². The van der Waals surface area contributed by atoms with Crippen molar-refractivity contribution in [1.82, 2.24) is 10.2 Å². The van der Waals surface area contributed by atoms with Crippen LogP contribution in [0, 0.1) is 6.92 Å². The largest absolute Gasteiger partial charge is 0.465 e. The summed E-state index contributed by atoms with van der Waals surface area (Å²) < 4.78 is 4.88. The second kappa shape index (κ2) is 3.31. The molecule has 2 aromatic rings. The van der Waals surface area contributed by atoms with Gasteiger partial charge in [-0.05, 0) is 30.7 Å². The summed E-state index contributed by atoms with van der Waals surface area (Å²) in [6, 6.07) is 5.29. The fraction of sp³-hybridized carbons (Fsp3) is 0.111. The van der Waals surface area contributed by atoms with Gasteiger partial charge in [0.25, 0.3) is 5.89 Å². The molecule has 0 fully saturated rings. The summed E-state index contributed by atoms with van der Waals surface area (Å²) in [6.45, 7) is 1.88. The van der Waals surface area contributed by atoms with Crippen molar-refractivity contribution in [3.63, 3.8) is 0 Å². The number of hydrogen-bond donors (Lipinski definition) is 1. The summed E-state index contributed by atoms with van der Waals surface area (Å²) in [5.74, 6) is 0.289. The Hall–Kier alpha value is -1.55. The molecule has 0 aliphatic rings. The van der Waals surface area contributed by atoms with Crippen molar-refractivity contribution in [2.45, 2.75) is 6.92 Å². The van der Waals surface area contributed by atoms with Crippen molar-refractivity contribution in [1.29, 1.82) is 0 Å². The van der Waals surface area contributed by atoms with Crippen LogP contribution in [0.4, 0.5) is 0 Å². The van der Waals surface area contributed by atoms with E-state index in [2.05, 4.69) is 10.2 Å². The molecule has 0 saturated heterocycles. The van der Waals surface area contributed by atoms with E-state index in [4.69, 9.17) is 21.1 Å². The Morgan fingerprint density at radius 3 is 2.71 bits per heavy atom. The van der Waals surface area contributed by atoms with Crippen LogP contribution in [0.2, 0.25) is 5.02 Å². The Bertz CT molecular complexity index is 468. The van der Waals surface area contributed by atoms with E-state index >= 15 is 0 Å². The van der Waals surface area contributed by atoms with E-state index in [1.54, 1.807) is 18.2 Å². The zero-order chi connectivity index (χ0) is 10.1. The minimum absolute atomic E-state index is 0.289. The quantitative estimate of drug-likeness (QED) is 0.785. The Morgan fingerprint density at radius 1 is 1.36 bits per heavy atom. The number of benzene rings is 1. The molecule has 2 rings (SSSR count). The molecule has 72 valence electrons. The van der Waals surface area contributed by atoms with E-state index in [1.807, 2.05) is 6.92 Å². The van der Waals surface area contributed by atoms with E-state index in [1.165, 1.54) is 0 Å². The van der Waals surface area contributed by atoms with Crippen LogP contribution in [-0.2, 0) is 0 Å². The van der Waals surface area contributed by atoms with Gasteiger partial charge in [-0.1, -0.05) is 16.7 Å². The number of aromatic hydroxyl groups is 1. The van der Waals surface area contributed by atoms with Gasteiger partial charge in [0.1, 0.15) is 0 Å². The van der Waals surface area contributed by atoms with Crippen molar-refractivity contribution in [3.05, 3.63) is 28.8 Å². The van der Waals surface area contributed by atoms with Crippen molar-refractivity contribution < 1.29 is 9.52 Å². The maximum Gasteiger partial charge on any atom is 0.412 e. The number of aromatic nitrogens is 2. The van der Waals surface area contributed by atoms with Crippen LogP contribution in [0.15, 0.2) is 22.6 Å². The summed E-state index contributed by atoms with van der Waals surface area (Å²) >= 11 is 5.79. The summed E-state index contributed by atoms with van der Waals surface area (Å²) in [4.78, 5) is 0. The summed E-state index contributed by atoms with van der Waals surface area (Å²) in [5, 5.41) is 16.6. The van der Waals surface area contributed by atoms with Gasteiger partial charge < -0.3 is 9.52 Å². The topological polar surface area (TPSA) is 59.2 Å². The number of hydrogen-bond acceptors (Lipinski definition) is 4. The average molecular weight is 211 g/mol. The van der Waals surface area contributed by atoms with Crippen molar-refractivity contribution >= 4 is 11.6 Å². The molecule has 0 bridgehead atoms. The summed E-state index contributed by atoms with van der Waals surface area (Å²) in [5.41, 5.74) is 1.68. The van der Waals surface area contributed by atoms with Crippen LogP contribution in [-0.4, -0.2) is 15.3 Å². The Kier molecular flexibility index (Phi) is 2.13. The van der Waals surface area contributed by atoms with E-state index in [-0.39, 0.29) is 5.89 Å². The first kappa shape index (κ1) is 9.02. The molecule has 0 aliphatic heterocycles. The molecule has 4 nitrogen and oxygen atoms in total. The summed E-state index contributed by atoms with van der Waals surface area (Å²) in [6.07, 6.45) is -0.436. The standard InChI is InChI=1S/C9H7ClN2O2/c1-5-4-6(10)2-3-7(5)8-11-12-9(13)14-8/h2-4H,1H3,(H,12,13). The highest BCUT2D eigenvalue weighted by molar-refractivity contribution is 6.30. The maximum atomic E-state index is 8.89. The zero-order valence-electron chi connectivity index (χ0n) is 7.36. The second-order valence-electron chi connectivity index (χ2n) is 2.85. The van der Waals surface area contributed by atoms with Gasteiger partial charge in [0, 0.05) is 10.6 Å². The van der Waals surface area contributed by atoms with Crippen molar-refractivity contribution in [3.8, 4) is 17.5 Å². The van der Waals surface area contributed by atoms with Crippen LogP contribution < -0.4 is 0 Å². The fourth-order valence-corrected chi connectivity index (χ4v) is 1.42. The minimum atomic E-state index is -0.436. The molecule has 1 N–H and O–H groups in total. The molecule has 0 unspecified atom stereocenters. The molecule has 5 heteroatoms. The molecular weight excluding hydrogens is 204 g/mol. The lowest BCUT2D eigenvalue weighted by molar-refractivity contribution is 0.320. The molecule has 0 radical (unpaired) electrons. The SMILES string of the molecule is Cc1cc(Cl)ccc1-c1nnc(O)o1. The van der Waals surface area contributed by atoms with Crippen LogP contribution >= 0.6 is 11.6 Å². The van der Waals surface area contributed by atoms with Gasteiger partial charge in [-0.15, -0.1) is 5.10 Å².